The highest BCUT2D eigenvalue weighted by atomic mass is 35.5. The Morgan fingerprint density at radius 2 is 1.28 bits per heavy atom. The molecule has 6 nitrogen and oxygen atoms in total. The van der Waals surface area contributed by atoms with E-state index in [1.54, 1.807) is 48.5 Å². The number of nitrogens with zero attached hydrogens (tertiary/aromatic N) is 2. The van der Waals surface area contributed by atoms with Crippen molar-refractivity contribution in [2.45, 2.75) is 13.0 Å². The number of halogens is 1. The quantitative estimate of drug-likeness (QED) is 0.225. The van der Waals surface area contributed by atoms with E-state index in [0.29, 0.717) is 38.3 Å². The monoisotopic (exact) mass is 536 g/mol. The molecule has 0 aliphatic heterocycles. The summed E-state index contributed by atoms with van der Waals surface area (Å²) in [7, 11) is 1.53. The maximum absolute atomic E-state index is 13.8. The second kappa shape index (κ2) is 11.0. The molecule has 0 aliphatic rings. The number of pyridine rings is 1. The first-order valence-electron chi connectivity index (χ1n) is 12.4. The van der Waals surface area contributed by atoms with Gasteiger partial charge in [0.25, 0.3) is 11.5 Å². The second-order valence-electron chi connectivity index (χ2n) is 9.03. The number of carbonyl (C=O) groups is 2. The first-order valence-corrected chi connectivity index (χ1v) is 12.8. The van der Waals surface area contributed by atoms with E-state index in [-0.39, 0.29) is 11.3 Å². The van der Waals surface area contributed by atoms with Gasteiger partial charge in [-0.25, -0.2) is 4.79 Å². The highest BCUT2D eigenvalue weighted by Gasteiger charge is 2.30. The zero-order valence-corrected chi connectivity index (χ0v) is 22.1. The van der Waals surface area contributed by atoms with Crippen LogP contribution in [0.25, 0.3) is 21.9 Å². The van der Waals surface area contributed by atoms with Gasteiger partial charge < -0.3 is 9.30 Å². The van der Waals surface area contributed by atoms with Crippen molar-refractivity contribution in [2.24, 2.45) is 7.05 Å². The van der Waals surface area contributed by atoms with Gasteiger partial charge in [0.15, 0.2) is 6.10 Å². The van der Waals surface area contributed by atoms with Crippen molar-refractivity contribution in [3.8, 4) is 11.1 Å². The van der Waals surface area contributed by atoms with Crippen molar-refractivity contribution < 1.29 is 14.3 Å². The summed E-state index contributed by atoms with van der Waals surface area (Å²) in [5.74, 6) is -1.22. The second-order valence-corrected chi connectivity index (χ2v) is 9.47. The molecule has 0 bridgehead atoms. The van der Waals surface area contributed by atoms with Gasteiger partial charge >= 0.3 is 5.97 Å². The van der Waals surface area contributed by atoms with Crippen LogP contribution in [0.15, 0.2) is 114 Å². The predicted octanol–water partition coefficient (Wildman–Crippen LogP) is 6.77. The molecule has 0 N–H and O–H groups in total. The minimum atomic E-state index is -1.16. The van der Waals surface area contributed by atoms with Crippen LogP contribution in [0.5, 0.6) is 0 Å². The largest absolute Gasteiger partial charge is 0.448 e. The number of rotatable bonds is 6. The number of hydrogen-bond donors (Lipinski definition) is 0. The summed E-state index contributed by atoms with van der Waals surface area (Å²) in [6.07, 6.45) is -1.16. The Morgan fingerprint density at radius 3 is 1.85 bits per heavy atom. The van der Waals surface area contributed by atoms with Crippen LogP contribution < -0.4 is 10.5 Å². The molecule has 7 heteroatoms. The van der Waals surface area contributed by atoms with Crippen LogP contribution in [0.2, 0.25) is 5.02 Å². The van der Waals surface area contributed by atoms with Crippen LogP contribution in [-0.4, -0.2) is 22.5 Å². The first-order chi connectivity index (χ1) is 18.9. The van der Waals surface area contributed by atoms with Gasteiger partial charge in [0.05, 0.1) is 0 Å². The number of carbonyl (C=O) groups excluding carboxylic acids is 2. The highest BCUT2D eigenvalue weighted by molar-refractivity contribution is 6.30. The Kier molecular flexibility index (Phi) is 7.30. The number of benzene rings is 4. The Bertz CT molecular complexity index is 1680. The first kappa shape index (κ1) is 25.9. The number of anilines is 2. The van der Waals surface area contributed by atoms with E-state index in [2.05, 4.69) is 0 Å². The lowest BCUT2D eigenvalue weighted by Gasteiger charge is -2.26. The standard InChI is InChI=1S/C32H25ClN2O4/c1-21(30(36)35(24-11-5-3-6-12-24)25-13-7-4-8-14-25)39-32(38)29-28(22-17-19-23(33)20-18-22)26-15-9-10-16-27(26)31(37)34(29)2/h3-21H,1-2H3. The van der Waals surface area contributed by atoms with Crippen molar-refractivity contribution in [1.82, 2.24) is 4.57 Å². The molecular weight excluding hydrogens is 512 g/mol. The Morgan fingerprint density at radius 1 is 0.769 bits per heavy atom. The molecule has 0 saturated carbocycles. The number of hydrogen-bond acceptors (Lipinski definition) is 4. The molecule has 1 atom stereocenters. The zero-order valence-electron chi connectivity index (χ0n) is 21.4. The van der Waals surface area contributed by atoms with Gasteiger partial charge in [-0.1, -0.05) is 78.3 Å². The third kappa shape index (κ3) is 5.07. The van der Waals surface area contributed by atoms with Gasteiger partial charge in [0.1, 0.15) is 5.69 Å². The molecule has 5 aromatic rings. The Balaban J connectivity index is 1.57. The molecule has 5 rings (SSSR count). The molecule has 0 spiro atoms. The summed E-state index contributed by atoms with van der Waals surface area (Å²) in [6.45, 7) is 1.53. The maximum atomic E-state index is 13.8. The molecule has 1 aromatic heterocycles. The van der Waals surface area contributed by atoms with Gasteiger partial charge in [-0.15, -0.1) is 0 Å². The van der Waals surface area contributed by atoms with Gasteiger partial charge in [-0.3, -0.25) is 14.5 Å². The lowest BCUT2D eigenvalue weighted by Crippen LogP contribution is -2.38. The smallest absolute Gasteiger partial charge is 0.356 e. The Labute approximate surface area is 230 Å². The average Bonchev–Trinajstić information content (AvgIpc) is 2.96. The average molecular weight is 537 g/mol. The molecule has 0 aliphatic carbocycles. The van der Waals surface area contributed by atoms with Crippen molar-refractivity contribution in [2.75, 3.05) is 4.90 Å². The minimum absolute atomic E-state index is 0.0478. The van der Waals surface area contributed by atoms with Crippen LogP contribution in [0.3, 0.4) is 0 Å². The van der Waals surface area contributed by atoms with E-state index in [9.17, 15) is 14.4 Å². The van der Waals surface area contributed by atoms with E-state index < -0.39 is 18.0 Å². The third-order valence-electron chi connectivity index (χ3n) is 6.51. The highest BCUT2D eigenvalue weighted by Crippen LogP contribution is 2.32. The van der Waals surface area contributed by atoms with Crippen molar-refractivity contribution in [3.63, 3.8) is 0 Å². The van der Waals surface area contributed by atoms with Crippen LogP contribution >= 0.6 is 11.6 Å². The summed E-state index contributed by atoms with van der Waals surface area (Å²) < 4.78 is 7.05. The van der Waals surface area contributed by atoms with Gasteiger partial charge in [-0.2, -0.15) is 0 Å². The molecule has 1 amide bonds. The summed E-state index contributed by atoms with van der Waals surface area (Å²) in [4.78, 5) is 42.2. The normalized spacial score (nSPS) is 11.7. The van der Waals surface area contributed by atoms with Crippen LogP contribution in [0.1, 0.15) is 17.4 Å². The summed E-state index contributed by atoms with van der Waals surface area (Å²) in [5, 5.41) is 1.60. The van der Waals surface area contributed by atoms with E-state index >= 15 is 0 Å². The number of aromatic nitrogens is 1. The van der Waals surface area contributed by atoms with Crippen molar-refractivity contribution in [3.05, 3.63) is 130 Å². The van der Waals surface area contributed by atoms with Crippen molar-refractivity contribution in [1.29, 1.82) is 0 Å². The summed E-state index contributed by atoms with van der Waals surface area (Å²) in [6, 6.07) is 32.4. The van der Waals surface area contributed by atoms with Crippen LogP contribution in [0.4, 0.5) is 11.4 Å². The van der Waals surface area contributed by atoms with E-state index in [4.69, 9.17) is 16.3 Å². The molecule has 0 fully saturated rings. The van der Waals surface area contributed by atoms with Crippen LogP contribution in [-0.2, 0) is 16.6 Å². The fourth-order valence-corrected chi connectivity index (χ4v) is 4.75. The van der Waals surface area contributed by atoms with E-state index in [1.807, 2.05) is 60.7 Å². The zero-order chi connectivity index (χ0) is 27.5. The van der Waals surface area contributed by atoms with E-state index in [0.717, 1.165) is 0 Å². The topological polar surface area (TPSA) is 68.6 Å². The van der Waals surface area contributed by atoms with Gasteiger partial charge in [-0.05, 0) is 60.3 Å². The summed E-state index contributed by atoms with van der Waals surface area (Å²) in [5.41, 5.74) is 2.19. The molecule has 0 radical (unpaired) electrons. The minimum Gasteiger partial charge on any atom is -0.448 e. The maximum Gasteiger partial charge on any atom is 0.356 e. The fraction of sp³-hybridized carbons (Fsp3) is 0.0938. The Hall–Kier alpha value is -4.68. The number of para-hydroxylation sites is 2. The van der Waals surface area contributed by atoms with Gasteiger partial charge in [0, 0.05) is 34.4 Å². The van der Waals surface area contributed by atoms with Gasteiger partial charge in [0.2, 0.25) is 0 Å². The molecule has 0 saturated heterocycles. The van der Waals surface area contributed by atoms with E-state index in [1.165, 1.54) is 23.4 Å². The number of ether oxygens (including phenoxy) is 1. The number of fused-ring (bicyclic) bond motifs is 1. The molecule has 194 valence electrons. The lowest BCUT2D eigenvalue weighted by atomic mass is 9.96. The van der Waals surface area contributed by atoms with Crippen LogP contribution in [0, 0.1) is 0 Å². The van der Waals surface area contributed by atoms with Crippen molar-refractivity contribution >= 4 is 45.6 Å². The number of amides is 1. The SMILES string of the molecule is CC(OC(=O)c1c(-c2ccc(Cl)cc2)c2ccccc2c(=O)n1C)C(=O)N(c1ccccc1)c1ccccc1. The fourth-order valence-electron chi connectivity index (χ4n) is 4.62. The predicted molar refractivity (Wildman–Crippen MR) is 155 cm³/mol. The third-order valence-corrected chi connectivity index (χ3v) is 6.76. The molecular formula is C32H25ClN2O4. The number of esters is 1. The molecule has 1 unspecified atom stereocenters. The summed E-state index contributed by atoms with van der Waals surface area (Å²) >= 11 is 6.12. The molecule has 39 heavy (non-hydrogen) atoms. The molecule has 4 aromatic carbocycles. The lowest BCUT2D eigenvalue weighted by molar-refractivity contribution is -0.125. The molecule has 1 heterocycles.